The summed E-state index contributed by atoms with van der Waals surface area (Å²) in [7, 11) is 1.68. The minimum atomic E-state index is 0.0360. The van der Waals surface area contributed by atoms with Gasteiger partial charge in [0.15, 0.2) is 0 Å². The third-order valence-electron chi connectivity index (χ3n) is 4.53. The molecular formula is C18H23N3O2S. The van der Waals surface area contributed by atoms with Crippen LogP contribution in [0.1, 0.15) is 33.9 Å². The average molecular weight is 345 g/mol. The first-order valence-corrected chi connectivity index (χ1v) is 9.14. The molecule has 6 heteroatoms. The molecule has 1 amide bonds. The molecule has 1 saturated heterocycles. The van der Waals surface area contributed by atoms with Crippen molar-refractivity contribution in [3.8, 4) is 5.75 Å². The SMILES string of the molecule is COc1ccc(CC2CCN(C(=O)c3csc(CN)n3)CC2)cc1. The fourth-order valence-electron chi connectivity index (χ4n) is 3.10. The molecule has 2 heterocycles. The van der Waals surface area contributed by atoms with Crippen molar-refractivity contribution in [2.75, 3.05) is 20.2 Å². The Bertz CT molecular complexity index is 676. The Morgan fingerprint density at radius 2 is 2.04 bits per heavy atom. The monoisotopic (exact) mass is 345 g/mol. The van der Waals surface area contributed by atoms with Crippen LogP contribution in [0.4, 0.5) is 0 Å². The number of carbonyl (C=O) groups excluding carboxylic acids is 1. The van der Waals surface area contributed by atoms with E-state index in [-0.39, 0.29) is 5.91 Å². The minimum absolute atomic E-state index is 0.0360. The van der Waals surface area contributed by atoms with E-state index in [0.29, 0.717) is 18.2 Å². The van der Waals surface area contributed by atoms with Gasteiger partial charge >= 0.3 is 0 Å². The molecule has 0 radical (unpaired) electrons. The van der Waals surface area contributed by atoms with Crippen LogP contribution >= 0.6 is 11.3 Å². The lowest BCUT2D eigenvalue weighted by molar-refractivity contribution is 0.0685. The number of hydrogen-bond donors (Lipinski definition) is 1. The Balaban J connectivity index is 1.52. The number of nitrogens with two attached hydrogens (primary N) is 1. The molecule has 0 unspecified atom stereocenters. The first-order valence-electron chi connectivity index (χ1n) is 8.26. The van der Waals surface area contributed by atoms with Gasteiger partial charge < -0.3 is 15.4 Å². The van der Waals surface area contributed by atoms with Crippen molar-refractivity contribution < 1.29 is 9.53 Å². The predicted octanol–water partition coefficient (Wildman–Crippen LogP) is 2.71. The van der Waals surface area contributed by atoms with E-state index in [2.05, 4.69) is 17.1 Å². The van der Waals surface area contributed by atoms with Gasteiger partial charge in [-0.05, 0) is 42.9 Å². The Hall–Kier alpha value is -1.92. The summed E-state index contributed by atoms with van der Waals surface area (Å²) in [5.41, 5.74) is 7.43. The van der Waals surface area contributed by atoms with E-state index >= 15 is 0 Å². The lowest BCUT2D eigenvalue weighted by atomic mass is 9.90. The molecule has 1 aliphatic rings. The quantitative estimate of drug-likeness (QED) is 0.905. The van der Waals surface area contributed by atoms with E-state index in [1.54, 1.807) is 7.11 Å². The number of benzene rings is 1. The van der Waals surface area contributed by atoms with Crippen LogP contribution in [0.25, 0.3) is 0 Å². The van der Waals surface area contributed by atoms with Crippen LogP contribution in [-0.4, -0.2) is 36.0 Å². The second kappa shape index (κ2) is 7.77. The standard InChI is InChI=1S/C18H23N3O2S/c1-23-15-4-2-13(3-5-15)10-14-6-8-21(9-7-14)18(22)16-12-24-17(11-19)20-16/h2-5,12,14H,6-11,19H2,1H3. The number of piperidine rings is 1. The second-order valence-electron chi connectivity index (χ2n) is 6.12. The number of rotatable bonds is 5. The molecule has 128 valence electrons. The molecule has 1 fully saturated rings. The van der Waals surface area contributed by atoms with Gasteiger partial charge in [-0.25, -0.2) is 4.98 Å². The zero-order valence-corrected chi connectivity index (χ0v) is 14.7. The summed E-state index contributed by atoms with van der Waals surface area (Å²) in [5, 5.41) is 2.63. The maximum absolute atomic E-state index is 12.5. The van der Waals surface area contributed by atoms with Crippen molar-refractivity contribution in [3.05, 3.63) is 45.9 Å². The number of hydrogen-bond acceptors (Lipinski definition) is 5. The Morgan fingerprint density at radius 3 is 2.62 bits per heavy atom. The normalized spacial score (nSPS) is 15.5. The van der Waals surface area contributed by atoms with Crippen molar-refractivity contribution in [2.24, 2.45) is 11.7 Å². The van der Waals surface area contributed by atoms with Gasteiger partial charge in [-0.3, -0.25) is 4.79 Å². The highest BCUT2D eigenvalue weighted by Gasteiger charge is 2.25. The number of amides is 1. The molecule has 0 aliphatic carbocycles. The van der Waals surface area contributed by atoms with Crippen molar-refractivity contribution in [2.45, 2.75) is 25.8 Å². The summed E-state index contributed by atoms with van der Waals surface area (Å²) in [6, 6.07) is 8.26. The first-order chi connectivity index (χ1) is 11.7. The van der Waals surface area contributed by atoms with Crippen molar-refractivity contribution >= 4 is 17.2 Å². The molecule has 5 nitrogen and oxygen atoms in total. The van der Waals surface area contributed by atoms with Crippen molar-refractivity contribution in [1.82, 2.24) is 9.88 Å². The summed E-state index contributed by atoms with van der Waals surface area (Å²) >= 11 is 1.45. The summed E-state index contributed by atoms with van der Waals surface area (Å²) in [6.07, 6.45) is 3.12. The molecule has 24 heavy (non-hydrogen) atoms. The van der Waals surface area contributed by atoms with Crippen molar-refractivity contribution in [3.63, 3.8) is 0 Å². The maximum atomic E-state index is 12.5. The van der Waals surface area contributed by atoms with E-state index in [9.17, 15) is 4.79 Å². The summed E-state index contributed by atoms with van der Waals surface area (Å²) in [5.74, 6) is 1.55. The number of aromatic nitrogens is 1. The molecule has 2 aromatic rings. The molecule has 0 spiro atoms. The Morgan fingerprint density at radius 1 is 1.33 bits per heavy atom. The van der Waals surface area contributed by atoms with Crippen LogP contribution in [-0.2, 0) is 13.0 Å². The highest BCUT2D eigenvalue weighted by atomic mass is 32.1. The van der Waals surface area contributed by atoms with Gasteiger partial charge in [0.1, 0.15) is 16.5 Å². The van der Waals surface area contributed by atoms with E-state index in [1.165, 1.54) is 16.9 Å². The molecular weight excluding hydrogens is 322 g/mol. The van der Waals surface area contributed by atoms with E-state index < -0.39 is 0 Å². The number of nitrogens with zero attached hydrogens (tertiary/aromatic N) is 2. The first kappa shape index (κ1) is 16.9. The third kappa shape index (κ3) is 3.94. The van der Waals surface area contributed by atoms with E-state index in [1.807, 2.05) is 22.4 Å². The number of thiazole rings is 1. The number of likely N-dealkylation sites (tertiary alicyclic amines) is 1. The van der Waals surface area contributed by atoms with Crippen molar-refractivity contribution in [1.29, 1.82) is 0 Å². The fourth-order valence-corrected chi connectivity index (χ4v) is 3.75. The molecule has 0 atom stereocenters. The lowest BCUT2D eigenvalue weighted by Gasteiger charge is -2.31. The summed E-state index contributed by atoms with van der Waals surface area (Å²) in [6.45, 7) is 1.99. The molecule has 1 aromatic carbocycles. The van der Waals surface area contributed by atoms with Crippen LogP contribution in [0.3, 0.4) is 0 Å². The number of methoxy groups -OCH3 is 1. The molecule has 0 bridgehead atoms. The summed E-state index contributed by atoms with van der Waals surface area (Å²) < 4.78 is 5.19. The third-order valence-corrected chi connectivity index (χ3v) is 5.40. The minimum Gasteiger partial charge on any atom is -0.497 e. The summed E-state index contributed by atoms with van der Waals surface area (Å²) in [4.78, 5) is 18.7. The van der Waals surface area contributed by atoms with Gasteiger partial charge in [0.05, 0.1) is 7.11 Å². The molecule has 3 rings (SSSR count). The van der Waals surface area contributed by atoms with Crippen LogP contribution in [0.5, 0.6) is 5.75 Å². The fraction of sp³-hybridized carbons (Fsp3) is 0.444. The molecule has 0 saturated carbocycles. The lowest BCUT2D eigenvalue weighted by Crippen LogP contribution is -2.39. The van der Waals surface area contributed by atoms with E-state index in [4.69, 9.17) is 10.5 Å². The van der Waals surface area contributed by atoms with Crippen LogP contribution < -0.4 is 10.5 Å². The van der Waals surface area contributed by atoms with Crippen LogP contribution in [0.2, 0.25) is 0 Å². The van der Waals surface area contributed by atoms with Gasteiger partial charge in [-0.1, -0.05) is 12.1 Å². The molecule has 1 aliphatic heterocycles. The largest absolute Gasteiger partial charge is 0.497 e. The zero-order chi connectivity index (χ0) is 16.9. The second-order valence-corrected chi connectivity index (χ2v) is 7.06. The van der Waals surface area contributed by atoms with Gasteiger partial charge in [-0.15, -0.1) is 11.3 Å². The highest BCUT2D eigenvalue weighted by Crippen LogP contribution is 2.24. The number of carbonyl (C=O) groups is 1. The molecule has 1 aromatic heterocycles. The van der Waals surface area contributed by atoms with Gasteiger partial charge in [0.25, 0.3) is 5.91 Å². The Labute approximate surface area is 146 Å². The highest BCUT2D eigenvalue weighted by molar-refractivity contribution is 7.09. The Kier molecular flexibility index (Phi) is 5.48. The average Bonchev–Trinajstić information content (AvgIpc) is 3.11. The maximum Gasteiger partial charge on any atom is 0.273 e. The zero-order valence-electron chi connectivity index (χ0n) is 13.9. The molecule has 2 N–H and O–H groups in total. The predicted molar refractivity (Wildman–Crippen MR) is 95.3 cm³/mol. The topological polar surface area (TPSA) is 68.5 Å². The van der Waals surface area contributed by atoms with Gasteiger partial charge in [0, 0.05) is 25.0 Å². The smallest absolute Gasteiger partial charge is 0.273 e. The van der Waals surface area contributed by atoms with Gasteiger partial charge in [-0.2, -0.15) is 0 Å². The van der Waals surface area contributed by atoms with Crippen LogP contribution in [0.15, 0.2) is 29.6 Å². The van der Waals surface area contributed by atoms with Gasteiger partial charge in [0.2, 0.25) is 0 Å². The van der Waals surface area contributed by atoms with E-state index in [0.717, 1.165) is 43.1 Å². The number of ether oxygens (including phenoxy) is 1. The van der Waals surface area contributed by atoms with Crippen LogP contribution in [0, 0.1) is 5.92 Å².